The van der Waals surface area contributed by atoms with Crippen LogP contribution in [-0.2, 0) is 9.59 Å². The van der Waals surface area contributed by atoms with E-state index < -0.39 is 35.9 Å². The first-order chi connectivity index (χ1) is 7.90. The van der Waals surface area contributed by atoms with Gasteiger partial charge in [0.1, 0.15) is 12.8 Å². The van der Waals surface area contributed by atoms with Gasteiger partial charge >= 0.3 is 11.9 Å². The Balaban J connectivity index is 5.33. The molecule has 18 heavy (non-hydrogen) atoms. The van der Waals surface area contributed by atoms with Crippen LogP contribution in [-0.4, -0.2) is 43.0 Å². The highest BCUT2D eigenvalue weighted by atomic mass is 16.6. The summed E-state index contributed by atoms with van der Waals surface area (Å²) in [7, 11) is 0. The Bertz CT molecular complexity index is 350. The third-order valence-electron chi connectivity index (χ3n) is 2.37. The largest absolute Gasteiger partial charge is 0.567 e. The summed E-state index contributed by atoms with van der Waals surface area (Å²) in [5.41, 5.74) is -2.91. The van der Waals surface area contributed by atoms with E-state index in [0.717, 1.165) is 0 Å². The zero-order valence-corrected chi connectivity index (χ0v) is 10.8. The molecule has 0 radical (unpaired) electrons. The van der Waals surface area contributed by atoms with Crippen LogP contribution in [0, 0.1) is 10.4 Å². The highest BCUT2D eigenvalue weighted by molar-refractivity contribution is 5.68. The number of carbonyl (C=O) groups is 2. The van der Waals surface area contributed by atoms with E-state index in [1.807, 2.05) is 0 Å². The minimum absolute atomic E-state index is 0.0237. The van der Waals surface area contributed by atoms with Crippen LogP contribution in [0.4, 0.5) is 0 Å². The van der Waals surface area contributed by atoms with Crippen molar-refractivity contribution in [2.45, 2.75) is 51.6 Å². The Labute approximate surface area is 104 Å². The molecule has 0 rings (SSSR count). The van der Waals surface area contributed by atoms with E-state index in [4.69, 9.17) is 10.2 Å². The summed E-state index contributed by atoms with van der Waals surface area (Å²) < 4.78 is 0. The average Bonchev–Trinajstić information content (AvgIpc) is 2.11. The molecule has 0 bridgehead atoms. The van der Waals surface area contributed by atoms with E-state index in [1.54, 1.807) is 0 Å². The fourth-order valence-corrected chi connectivity index (χ4v) is 1.37. The zero-order chi connectivity index (χ0) is 14.7. The van der Waals surface area contributed by atoms with Crippen LogP contribution in [0.2, 0.25) is 0 Å². The monoisotopic (exact) mass is 262 g/mol. The van der Waals surface area contributed by atoms with Gasteiger partial charge in [-0.15, -0.1) is 0 Å². The van der Waals surface area contributed by atoms with Crippen molar-refractivity contribution in [3.05, 3.63) is 10.4 Å². The van der Waals surface area contributed by atoms with E-state index in [-0.39, 0.29) is 9.72 Å². The lowest BCUT2D eigenvalue weighted by atomic mass is 10.0. The van der Waals surface area contributed by atoms with Crippen molar-refractivity contribution in [1.82, 2.24) is 0 Å². The van der Waals surface area contributed by atoms with Gasteiger partial charge in [0.2, 0.25) is 11.1 Å². The lowest BCUT2D eigenvalue weighted by molar-refractivity contribution is -1.02. The van der Waals surface area contributed by atoms with Crippen molar-refractivity contribution in [3.8, 4) is 0 Å². The van der Waals surface area contributed by atoms with Gasteiger partial charge in [-0.1, -0.05) is 0 Å². The summed E-state index contributed by atoms with van der Waals surface area (Å²) in [5.74, 6) is -2.43. The van der Waals surface area contributed by atoms with E-state index in [0.29, 0.717) is 0 Å². The third-order valence-corrected chi connectivity index (χ3v) is 2.37. The van der Waals surface area contributed by atoms with Gasteiger partial charge in [0, 0.05) is 37.4 Å². The molecule has 104 valence electrons. The number of hydroxylamine groups is 2. The summed E-state index contributed by atoms with van der Waals surface area (Å²) in [6, 6.07) is 0. The molecule has 0 aromatic rings. The van der Waals surface area contributed by atoms with Crippen molar-refractivity contribution in [1.29, 1.82) is 0 Å². The van der Waals surface area contributed by atoms with E-state index in [9.17, 15) is 20.0 Å². The summed E-state index contributed by atoms with van der Waals surface area (Å²) >= 11 is 0. The molecule has 0 fully saturated rings. The van der Waals surface area contributed by atoms with Crippen molar-refractivity contribution >= 4 is 11.9 Å². The smallest absolute Gasteiger partial charge is 0.310 e. The predicted molar refractivity (Wildman–Crippen MR) is 59.9 cm³/mol. The molecule has 8 nitrogen and oxygen atoms in total. The molecule has 0 heterocycles. The highest BCUT2D eigenvalue weighted by Gasteiger charge is 2.43. The molecule has 8 heteroatoms. The Morgan fingerprint density at radius 1 is 0.889 bits per heavy atom. The van der Waals surface area contributed by atoms with Crippen LogP contribution < -0.4 is 0 Å². The van der Waals surface area contributed by atoms with Crippen LogP contribution in [0.5, 0.6) is 0 Å². The molecule has 0 unspecified atom stereocenters. The third kappa shape index (κ3) is 4.19. The van der Waals surface area contributed by atoms with Gasteiger partial charge in [0.25, 0.3) is 0 Å². The average molecular weight is 262 g/mol. The van der Waals surface area contributed by atoms with Gasteiger partial charge in [-0.2, -0.15) is 0 Å². The number of carboxylic acids is 2. The number of aliphatic carboxylic acids is 2. The van der Waals surface area contributed by atoms with Crippen molar-refractivity contribution in [2.24, 2.45) is 0 Å². The van der Waals surface area contributed by atoms with E-state index in [2.05, 4.69) is 0 Å². The number of nitrogens with zero attached hydrogens (tertiary/aromatic N) is 2. The van der Waals surface area contributed by atoms with Crippen LogP contribution in [0.15, 0.2) is 0 Å². The topological polar surface area (TPSA) is 127 Å². The van der Waals surface area contributed by atoms with Gasteiger partial charge in [-0.3, -0.25) is 9.59 Å². The van der Waals surface area contributed by atoms with Crippen LogP contribution in [0.3, 0.4) is 0 Å². The molecule has 0 aromatic carbocycles. The fourth-order valence-electron chi connectivity index (χ4n) is 1.37. The molecule has 0 spiro atoms. The molecular formula is C10H18N2O6. The number of rotatable bonds is 6. The lowest BCUT2D eigenvalue weighted by Crippen LogP contribution is -2.46. The molecular weight excluding hydrogens is 244 g/mol. The molecule has 0 aromatic heterocycles. The second-order valence-corrected chi connectivity index (χ2v) is 5.31. The number of carboxylic acid groups (broad SMARTS) is 2. The van der Waals surface area contributed by atoms with Crippen LogP contribution >= 0.6 is 0 Å². The molecule has 0 aliphatic heterocycles. The highest BCUT2D eigenvalue weighted by Crippen LogP contribution is 2.19. The van der Waals surface area contributed by atoms with Crippen LogP contribution in [0.25, 0.3) is 0 Å². The summed E-state index contributed by atoms with van der Waals surface area (Å²) in [6.45, 7) is 5.21. The van der Waals surface area contributed by atoms with Crippen LogP contribution in [0.1, 0.15) is 40.5 Å². The van der Waals surface area contributed by atoms with Gasteiger partial charge in [-0.05, 0) is 0 Å². The zero-order valence-electron chi connectivity index (χ0n) is 10.8. The normalized spacial score (nSPS) is 14.0. The van der Waals surface area contributed by atoms with Gasteiger partial charge in [0.15, 0.2) is 0 Å². The Hall–Kier alpha value is -1.86. The SMILES string of the molecule is CC(C)(CC(=O)O)/[N+]([O-])=[N+](\[O-])C(C)(C)CC(=O)O. The first-order valence-corrected chi connectivity index (χ1v) is 5.28. The molecule has 0 saturated carbocycles. The lowest BCUT2D eigenvalue weighted by Gasteiger charge is -2.24. The Morgan fingerprint density at radius 2 is 1.11 bits per heavy atom. The second kappa shape index (κ2) is 5.19. The van der Waals surface area contributed by atoms with Gasteiger partial charge < -0.3 is 20.6 Å². The molecule has 0 amide bonds. The molecule has 0 saturated heterocycles. The maximum absolute atomic E-state index is 11.8. The second-order valence-electron chi connectivity index (χ2n) is 5.31. The minimum atomic E-state index is -1.46. The molecule has 0 aliphatic rings. The molecule has 0 atom stereocenters. The number of hydrogen-bond acceptors (Lipinski definition) is 4. The molecule has 0 aliphatic carbocycles. The number of hydrogen-bond donors (Lipinski definition) is 2. The molecule has 2 N–H and O–H groups in total. The minimum Gasteiger partial charge on any atom is -0.567 e. The maximum Gasteiger partial charge on any atom is 0.310 e. The quantitative estimate of drug-likeness (QED) is 0.417. The predicted octanol–water partition coefficient (Wildman–Crippen LogP) is 0.966. The Kier molecular flexibility index (Phi) is 4.66. The first kappa shape index (κ1) is 16.1. The van der Waals surface area contributed by atoms with E-state index >= 15 is 0 Å². The Morgan fingerprint density at radius 3 is 1.28 bits per heavy atom. The summed E-state index contributed by atoms with van der Waals surface area (Å²) in [4.78, 5) is 21.1. The summed E-state index contributed by atoms with van der Waals surface area (Å²) in [6.07, 6.45) is -1.06. The van der Waals surface area contributed by atoms with Crippen molar-refractivity contribution in [3.63, 3.8) is 0 Å². The summed E-state index contributed by atoms with van der Waals surface area (Å²) in [5, 5.41) is 40.9. The van der Waals surface area contributed by atoms with Gasteiger partial charge in [-0.25, -0.2) is 0 Å². The van der Waals surface area contributed by atoms with E-state index in [1.165, 1.54) is 27.7 Å². The standard InChI is InChI=1S/C10H18N2O6/c1-9(2,5-7(13)14)11(17)12(18)10(3,4)6-8(15)16/h5-6H2,1-4H3,(H,13,14)(H,15,16)/b12-11+. The van der Waals surface area contributed by atoms with Crippen molar-refractivity contribution < 1.29 is 29.5 Å². The van der Waals surface area contributed by atoms with Crippen molar-refractivity contribution in [2.75, 3.05) is 0 Å². The fraction of sp³-hybridized carbons (Fsp3) is 0.800. The maximum atomic E-state index is 11.8. The number of azo groups is 1. The van der Waals surface area contributed by atoms with Gasteiger partial charge in [0.05, 0.1) is 0 Å². The first-order valence-electron chi connectivity index (χ1n) is 5.28.